The van der Waals surface area contributed by atoms with Gasteiger partial charge in [0, 0.05) is 6.20 Å². The second-order valence-corrected chi connectivity index (χ2v) is 7.93. The summed E-state index contributed by atoms with van der Waals surface area (Å²) in [6.07, 6.45) is 4.88. The zero-order valence-electron chi connectivity index (χ0n) is 14.7. The van der Waals surface area contributed by atoms with Crippen LogP contribution in [0.3, 0.4) is 0 Å². The zero-order valence-corrected chi connectivity index (χ0v) is 15.5. The molecule has 0 radical (unpaired) electrons. The summed E-state index contributed by atoms with van der Waals surface area (Å²) in [5.74, 6) is 1.07. The van der Waals surface area contributed by atoms with E-state index in [1.165, 1.54) is 5.56 Å². The van der Waals surface area contributed by atoms with Crippen LogP contribution in [0.15, 0.2) is 58.6 Å². The largest absolute Gasteiger partial charge is 0.334 e. The van der Waals surface area contributed by atoms with Gasteiger partial charge in [0.2, 0.25) is 0 Å². The van der Waals surface area contributed by atoms with E-state index in [0.717, 1.165) is 35.4 Å². The molecular weight excluding hydrogens is 358 g/mol. The van der Waals surface area contributed by atoms with Gasteiger partial charge in [0.1, 0.15) is 5.69 Å². The Morgan fingerprint density at radius 1 is 1.15 bits per heavy atom. The van der Waals surface area contributed by atoms with E-state index in [4.69, 9.17) is 15.4 Å². The number of nitrogens with zero attached hydrogens (tertiary/aromatic N) is 4. The molecule has 5 rings (SSSR count). The molecule has 0 unspecified atom stereocenters. The summed E-state index contributed by atoms with van der Waals surface area (Å²) in [7, 11) is 0. The smallest absolute Gasteiger partial charge is 0.261 e. The molecule has 0 atom stereocenters. The minimum atomic E-state index is -0.440. The van der Waals surface area contributed by atoms with Gasteiger partial charge in [-0.05, 0) is 36.3 Å². The lowest BCUT2D eigenvalue weighted by atomic mass is 9.77. The van der Waals surface area contributed by atoms with Crippen LogP contribution in [0.4, 0.5) is 0 Å². The molecule has 1 aliphatic rings. The number of rotatable bonds is 5. The van der Waals surface area contributed by atoms with Gasteiger partial charge in [0.25, 0.3) is 5.89 Å². The zero-order chi connectivity index (χ0) is 18.3. The molecule has 4 aromatic rings. The maximum atomic E-state index is 6.35. The normalized spacial score (nSPS) is 15.6. The van der Waals surface area contributed by atoms with E-state index in [1.807, 2.05) is 40.5 Å². The molecule has 1 aliphatic carbocycles. The van der Waals surface area contributed by atoms with Gasteiger partial charge in [-0.25, -0.2) is 0 Å². The number of benzene rings is 1. The van der Waals surface area contributed by atoms with Crippen molar-refractivity contribution in [3.8, 4) is 22.0 Å². The van der Waals surface area contributed by atoms with Crippen LogP contribution < -0.4 is 5.73 Å². The van der Waals surface area contributed by atoms with Crippen molar-refractivity contribution in [1.29, 1.82) is 0 Å². The SMILES string of the molecule is NC1(c2noc(-c3cn(Cc4ccccc4)nc3-c3cccs3)n2)CCC1. The molecule has 0 spiro atoms. The first-order valence-corrected chi connectivity index (χ1v) is 9.88. The molecule has 3 aromatic heterocycles. The fraction of sp³-hybridized carbons (Fsp3) is 0.250. The highest BCUT2D eigenvalue weighted by Gasteiger charge is 2.39. The summed E-state index contributed by atoms with van der Waals surface area (Å²) in [6, 6.07) is 14.3. The second kappa shape index (κ2) is 6.44. The van der Waals surface area contributed by atoms with Crippen molar-refractivity contribution in [3.63, 3.8) is 0 Å². The van der Waals surface area contributed by atoms with Crippen LogP contribution >= 0.6 is 11.3 Å². The van der Waals surface area contributed by atoms with Crippen molar-refractivity contribution >= 4 is 11.3 Å². The van der Waals surface area contributed by atoms with Gasteiger partial charge in [0.05, 0.1) is 22.5 Å². The first-order valence-electron chi connectivity index (χ1n) is 9.00. The van der Waals surface area contributed by atoms with Crippen LogP contribution in [0.5, 0.6) is 0 Å². The van der Waals surface area contributed by atoms with E-state index in [2.05, 4.69) is 28.3 Å². The molecule has 1 fully saturated rings. The van der Waals surface area contributed by atoms with Gasteiger partial charge in [-0.2, -0.15) is 10.1 Å². The monoisotopic (exact) mass is 377 g/mol. The van der Waals surface area contributed by atoms with Crippen LogP contribution in [0.25, 0.3) is 22.0 Å². The van der Waals surface area contributed by atoms with Crippen LogP contribution in [-0.2, 0) is 12.1 Å². The lowest BCUT2D eigenvalue weighted by molar-refractivity contribution is 0.229. The highest BCUT2D eigenvalue weighted by molar-refractivity contribution is 7.13. The van der Waals surface area contributed by atoms with Gasteiger partial charge >= 0.3 is 0 Å². The van der Waals surface area contributed by atoms with Gasteiger partial charge in [-0.3, -0.25) is 4.68 Å². The molecule has 0 aliphatic heterocycles. The average molecular weight is 377 g/mol. The number of nitrogens with two attached hydrogens (primary N) is 1. The summed E-state index contributed by atoms with van der Waals surface area (Å²) >= 11 is 1.64. The van der Waals surface area contributed by atoms with Crippen LogP contribution in [0, 0.1) is 0 Å². The summed E-state index contributed by atoms with van der Waals surface area (Å²) in [5, 5.41) is 11.0. The molecule has 1 aromatic carbocycles. The third-order valence-electron chi connectivity index (χ3n) is 5.05. The molecule has 2 N–H and O–H groups in total. The van der Waals surface area contributed by atoms with Gasteiger partial charge in [-0.15, -0.1) is 11.3 Å². The third-order valence-corrected chi connectivity index (χ3v) is 5.93. The molecular formula is C20H19N5OS. The molecule has 136 valence electrons. The summed E-state index contributed by atoms with van der Waals surface area (Å²) in [5.41, 5.74) is 8.80. The Morgan fingerprint density at radius 3 is 2.70 bits per heavy atom. The molecule has 0 amide bonds. The number of hydrogen-bond acceptors (Lipinski definition) is 6. The average Bonchev–Trinajstić information content (AvgIpc) is 3.40. The highest BCUT2D eigenvalue weighted by atomic mass is 32.1. The van der Waals surface area contributed by atoms with Crippen LogP contribution in [-0.4, -0.2) is 19.9 Å². The standard InChI is InChI=1S/C20H19N5OS/c21-20(9-5-10-20)19-22-18(26-24-19)15-13-25(12-14-6-2-1-3-7-14)23-17(15)16-8-4-11-27-16/h1-4,6-8,11,13H,5,9-10,12,21H2. The molecule has 7 heteroatoms. The molecule has 6 nitrogen and oxygen atoms in total. The Bertz CT molecular complexity index is 1050. The topological polar surface area (TPSA) is 82.8 Å². The lowest BCUT2D eigenvalue weighted by Crippen LogP contribution is -2.44. The van der Waals surface area contributed by atoms with E-state index >= 15 is 0 Å². The van der Waals surface area contributed by atoms with Gasteiger partial charge in [0.15, 0.2) is 5.82 Å². The number of thiophene rings is 1. The summed E-state index contributed by atoms with van der Waals surface area (Å²) in [6.45, 7) is 0.682. The van der Waals surface area contributed by atoms with Gasteiger partial charge in [-0.1, -0.05) is 41.6 Å². The Balaban J connectivity index is 1.54. The molecule has 27 heavy (non-hydrogen) atoms. The predicted molar refractivity (Wildman–Crippen MR) is 104 cm³/mol. The Morgan fingerprint density at radius 2 is 2.00 bits per heavy atom. The van der Waals surface area contributed by atoms with Crippen molar-refractivity contribution in [2.24, 2.45) is 5.73 Å². The van der Waals surface area contributed by atoms with Crippen molar-refractivity contribution in [3.05, 3.63) is 65.4 Å². The molecule has 3 heterocycles. The van der Waals surface area contributed by atoms with Gasteiger partial charge < -0.3 is 10.3 Å². The quantitative estimate of drug-likeness (QED) is 0.567. The first kappa shape index (κ1) is 16.4. The Labute approximate surface area is 160 Å². The van der Waals surface area contributed by atoms with Crippen molar-refractivity contribution in [2.75, 3.05) is 0 Å². The molecule has 0 bridgehead atoms. The Kier molecular flexibility index (Phi) is 3.91. The first-order chi connectivity index (χ1) is 13.2. The number of hydrogen-bond donors (Lipinski definition) is 1. The van der Waals surface area contributed by atoms with E-state index in [9.17, 15) is 0 Å². The molecule has 0 saturated heterocycles. The molecule has 1 saturated carbocycles. The maximum Gasteiger partial charge on any atom is 0.261 e. The minimum Gasteiger partial charge on any atom is -0.334 e. The predicted octanol–water partition coefficient (Wildman–Crippen LogP) is 4.05. The van der Waals surface area contributed by atoms with E-state index in [-0.39, 0.29) is 0 Å². The maximum absolute atomic E-state index is 6.35. The summed E-state index contributed by atoms with van der Waals surface area (Å²) < 4.78 is 7.51. The van der Waals surface area contributed by atoms with Crippen molar-refractivity contribution in [2.45, 2.75) is 31.3 Å². The fourth-order valence-corrected chi connectivity index (χ4v) is 4.06. The number of aromatic nitrogens is 4. The lowest BCUT2D eigenvalue weighted by Gasteiger charge is -2.34. The van der Waals surface area contributed by atoms with Crippen LogP contribution in [0.1, 0.15) is 30.7 Å². The van der Waals surface area contributed by atoms with E-state index < -0.39 is 5.54 Å². The Hall–Kier alpha value is -2.77. The fourth-order valence-electron chi connectivity index (χ4n) is 3.34. The van der Waals surface area contributed by atoms with Crippen LogP contribution in [0.2, 0.25) is 0 Å². The summed E-state index contributed by atoms with van der Waals surface area (Å²) in [4.78, 5) is 5.69. The minimum absolute atomic E-state index is 0.440. The second-order valence-electron chi connectivity index (χ2n) is 6.98. The van der Waals surface area contributed by atoms with E-state index in [0.29, 0.717) is 18.3 Å². The van der Waals surface area contributed by atoms with Crippen molar-refractivity contribution < 1.29 is 4.52 Å². The van der Waals surface area contributed by atoms with Crippen molar-refractivity contribution in [1.82, 2.24) is 19.9 Å². The van der Waals surface area contributed by atoms with E-state index in [1.54, 1.807) is 11.3 Å². The third kappa shape index (κ3) is 2.98. The highest BCUT2D eigenvalue weighted by Crippen LogP contribution is 2.39.